The molecule has 0 fully saturated rings. The minimum absolute atomic E-state index is 0.290. The third-order valence-corrected chi connectivity index (χ3v) is 8.37. The van der Waals surface area contributed by atoms with Crippen LogP contribution in [0.15, 0.2) is 162 Å². The zero-order valence-corrected chi connectivity index (χ0v) is 28.0. The molecule has 6 rings (SSSR count). The first-order valence-corrected chi connectivity index (χ1v) is 16.8. The number of hydrogen-bond donors (Lipinski definition) is 0. The van der Waals surface area contributed by atoms with Gasteiger partial charge in [-0.1, -0.05) is 127 Å². The Kier molecular flexibility index (Phi) is 12.5. The lowest BCUT2D eigenvalue weighted by Crippen LogP contribution is -2.41. The summed E-state index contributed by atoms with van der Waals surface area (Å²) in [5.41, 5.74) is 5.34. The number of pyridine rings is 1. The fourth-order valence-electron chi connectivity index (χ4n) is 5.72. The van der Waals surface area contributed by atoms with Crippen molar-refractivity contribution in [3.05, 3.63) is 197 Å². The van der Waals surface area contributed by atoms with Gasteiger partial charge in [0.25, 0.3) is 0 Å². The van der Waals surface area contributed by atoms with Gasteiger partial charge in [-0.15, -0.1) is 0 Å². The maximum atomic E-state index is 6.86. The highest BCUT2D eigenvalue weighted by Gasteiger charge is 2.37. The van der Waals surface area contributed by atoms with Crippen LogP contribution < -0.4 is 4.57 Å². The number of furan rings is 1. The predicted molar refractivity (Wildman–Crippen MR) is 189 cm³/mol. The van der Waals surface area contributed by atoms with Gasteiger partial charge >= 0.3 is 0 Å². The summed E-state index contributed by atoms with van der Waals surface area (Å²) < 4.78 is 35.4. The molecule has 250 valence electrons. The van der Waals surface area contributed by atoms with E-state index in [4.69, 9.17) is 23.4 Å². The Balaban J connectivity index is 1.34. The van der Waals surface area contributed by atoms with Crippen molar-refractivity contribution in [2.45, 2.75) is 58.2 Å². The van der Waals surface area contributed by atoms with Crippen LogP contribution in [-0.2, 0) is 51.9 Å². The largest absolute Gasteiger partial charge is 0.463 e. The van der Waals surface area contributed by atoms with Crippen molar-refractivity contribution in [1.82, 2.24) is 0 Å². The second-order valence-corrected chi connectivity index (χ2v) is 12.1. The molecule has 0 amide bonds. The van der Waals surface area contributed by atoms with Crippen molar-refractivity contribution >= 4 is 0 Å². The molecule has 0 saturated carbocycles. The third-order valence-electron chi connectivity index (χ3n) is 8.37. The Bertz CT molecular complexity index is 1780. The minimum atomic E-state index is -0.599. The lowest BCUT2D eigenvalue weighted by molar-refractivity contribution is -0.688. The lowest BCUT2D eigenvalue weighted by atomic mass is 10.0. The molecule has 0 spiro atoms. The predicted octanol–water partition coefficient (Wildman–Crippen LogP) is 8.57. The number of nitrogens with zero attached hydrogens (tertiary/aromatic N) is 1. The Morgan fingerprint density at radius 2 is 1.02 bits per heavy atom. The Morgan fingerprint density at radius 1 is 0.551 bits per heavy atom. The standard InChI is InChI=1S/C43H44NO5/c1-34-39(28-44-25-15-6-16-26-44)27-40(49-34)42(47-31-37-21-11-4-12-22-37)43(48-32-38-23-13-5-14-24-38)41(46-30-36-19-9-3-10-20-36)33-45-29-35-17-7-2-8-18-35/h2-27,41-43H,28-33H2,1H3/q+1/t41-,42-,43-/m1/s1. The highest BCUT2D eigenvalue weighted by molar-refractivity contribution is 5.23. The van der Waals surface area contributed by atoms with Gasteiger partial charge in [-0.05, 0) is 35.2 Å². The minimum Gasteiger partial charge on any atom is -0.463 e. The summed E-state index contributed by atoms with van der Waals surface area (Å²) >= 11 is 0. The zero-order chi connectivity index (χ0) is 33.5. The zero-order valence-electron chi connectivity index (χ0n) is 28.0. The molecular weight excluding hydrogens is 610 g/mol. The van der Waals surface area contributed by atoms with Crippen LogP contribution in [0, 0.1) is 6.92 Å². The van der Waals surface area contributed by atoms with Crippen LogP contribution in [0.25, 0.3) is 0 Å². The van der Waals surface area contributed by atoms with Crippen molar-refractivity contribution in [2.24, 2.45) is 0 Å². The van der Waals surface area contributed by atoms with Gasteiger partial charge < -0.3 is 23.4 Å². The van der Waals surface area contributed by atoms with Crippen LogP contribution in [0.1, 0.15) is 45.4 Å². The van der Waals surface area contributed by atoms with Gasteiger partial charge in [0.1, 0.15) is 29.8 Å². The molecule has 2 heterocycles. The van der Waals surface area contributed by atoms with Crippen LogP contribution in [0.4, 0.5) is 0 Å². The second-order valence-electron chi connectivity index (χ2n) is 12.1. The summed E-state index contributed by atoms with van der Waals surface area (Å²) in [4.78, 5) is 0. The average molecular weight is 655 g/mol. The first-order chi connectivity index (χ1) is 24.2. The van der Waals surface area contributed by atoms with Crippen LogP contribution in [0.2, 0.25) is 0 Å². The molecule has 3 atom stereocenters. The van der Waals surface area contributed by atoms with Crippen molar-refractivity contribution in [3.8, 4) is 0 Å². The Labute approximate surface area is 289 Å². The number of hydrogen-bond acceptors (Lipinski definition) is 5. The maximum Gasteiger partial charge on any atom is 0.177 e. The van der Waals surface area contributed by atoms with E-state index in [2.05, 4.69) is 71.6 Å². The number of rotatable bonds is 18. The number of benzene rings is 4. The average Bonchev–Trinajstić information content (AvgIpc) is 3.52. The first-order valence-electron chi connectivity index (χ1n) is 16.8. The SMILES string of the molecule is Cc1oc([C@@H](OCc2ccccc2)[C@H](OCc2ccccc2)[C@@H](COCc2ccccc2)OCc2ccccc2)cc1C[n+]1ccccc1. The van der Waals surface area contributed by atoms with E-state index in [0.717, 1.165) is 33.6 Å². The van der Waals surface area contributed by atoms with Gasteiger partial charge in [-0.25, -0.2) is 4.57 Å². The fraction of sp³-hybridized carbons (Fsp3) is 0.233. The van der Waals surface area contributed by atoms with Crippen LogP contribution >= 0.6 is 0 Å². The normalized spacial score (nSPS) is 13.2. The van der Waals surface area contributed by atoms with Gasteiger partial charge in [-0.2, -0.15) is 0 Å². The van der Waals surface area contributed by atoms with E-state index < -0.39 is 18.3 Å². The molecule has 0 aliphatic rings. The van der Waals surface area contributed by atoms with Gasteiger partial charge in [0.15, 0.2) is 18.9 Å². The van der Waals surface area contributed by atoms with E-state index in [1.807, 2.05) is 97.9 Å². The molecule has 6 heteroatoms. The van der Waals surface area contributed by atoms with Crippen molar-refractivity contribution in [1.29, 1.82) is 0 Å². The van der Waals surface area contributed by atoms with Crippen LogP contribution in [0.3, 0.4) is 0 Å². The fourth-order valence-corrected chi connectivity index (χ4v) is 5.72. The van der Waals surface area contributed by atoms with E-state index in [1.165, 1.54) is 0 Å². The molecular formula is C43H44NO5+. The molecule has 0 aliphatic heterocycles. The molecule has 0 aliphatic carbocycles. The summed E-state index contributed by atoms with van der Waals surface area (Å²) in [6, 6.07) is 48.9. The molecule has 6 aromatic rings. The summed E-state index contributed by atoms with van der Waals surface area (Å²) in [5, 5.41) is 0. The van der Waals surface area contributed by atoms with E-state index in [0.29, 0.717) is 45.3 Å². The van der Waals surface area contributed by atoms with Gasteiger partial charge in [0, 0.05) is 12.1 Å². The smallest absolute Gasteiger partial charge is 0.177 e. The van der Waals surface area contributed by atoms with Crippen molar-refractivity contribution < 1.29 is 27.9 Å². The third kappa shape index (κ3) is 10.3. The van der Waals surface area contributed by atoms with Gasteiger partial charge in [0.2, 0.25) is 0 Å². The van der Waals surface area contributed by atoms with Crippen molar-refractivity contribution in [2.75, 3.05) is 6.61 Å². The highest BCUT2D eigenvalue weighted by atomic mass is 16.6. The van der Waals surface area contributed by atoms with Crippen LogP contribution in [-0.4, -0.2) is 18.8 Å². The number of ether oxygens (including phenoxy) is 4. The molecule has 2 aromatic heterocycles. The summed E-state index contributed by atoms with van der Waals surface area (Å²) in [7, 11) is 0. The van der Waals surface area contributed by atoms with E-state index in [-0.39, 0.29) is 0 Å². The number of aryl methyl sites for hydroxylation is 1. The quantitative estimate of drug-likeness (QED) is 0.0870. The summed E-state index contributed by atoms with van der Waals surface area (Å²) in [5.74, 6) is 1.53. The Morgan fingerprint density at radius 3 is 1.57 bits per heavy atom. The molecule has 0 N–H and O–H groups in total. The molecule has 0 unspecified atom stereocenters. The van der Waals surface area contributed by atoms with Gasteiger partial charge in [0.05, 0.1) is 38.6 Å². The Hall–Kier alpha value is -4.85. The van der Waals surface area contributed by atoms with E-state index >= 15 is 0 Å². The summed E-state index contributed by atoms with van der Waals surface area (Å²) in [6.07, 6.45) is 2.44. The molecule has 6 nitrogen and oxygen atoms in total. The van der Waals surface area contributed by atoms with Crippen LogP contribution in [0.5, 0.6) is 0 Å². The maximum absolute atomic E-state index is 6.86. The number of aromatic nitrogens is 1. The van der Waals surface area contributed by atoms with E-state index in [9.17, 15) is 0 Å². The van der Waals surface area contributed by atoms with Gasteiger partial charge in [-0.3, -0.25) is 0 Å². The second kappa shape index (κ2) is 18.1. The molecule has 0 bridgehead atoms. The molecule has 49 heavy (non-hydrogen) atoms. The monoisotopic (exact) mass is 654 g/mol. The van der Waals surface area contributed by atoms with E-state index in [1.54, 1.807) is 0 Å². The molecule has 4 aromatic carbocycles. The first kappa shape index (κ1) is 34.0. The molecule has 0 radical (unpaired) electrons. The summed E-state index contributed by atoms with van der Waals surface area (Å²) in [6.45, 7) is 4.55. The molecule has 0 saturated heterocycles. The highest BCUT2D eigenvalue weighted by Crippen LogP contribution is 2.33. The topological polar surface area (TPSA) is 53.9 Å². The lowest BCUT2D eigenvalue weighted by Gasteiger charge is -2.33. The van der Waals surface area contributed by atoms with Crippen molar-refractivity contribution in [3.63, 3.8) is 0 Å².